The van der Waals surface area contributed by atoms with E-state index in [1.165, 1.54) is 0 Å². The van der Waals surface area contributed by atoms with Crippen molar-refractivity contribution in [1.29, 1.82) is 0 Å². The van der Waals surface area contributed by atoms with Gasteiger partial charge in [0.25, 0.3) is 5.91 Å². The van der Waals surface area contributed by atoms with Gasteiger partial charge in [-0.15, -0.1) is 5.10 Å². The number of aromatic nitrogens is 2. The zero-order valence-electron chi connectivity index (χ0n) is 16.9. The van der Waals surface area contributed by atoms with Crippen molar-refractivity contribution in [3.63, 3.8) is 0 Å². The second kappa shape index (κ2) is 9.71. The Morgan fingerprint density at radius 3 is 2.30 bits per heavy atom. The number of hydrogen-bond donors (Lipinski definition) is 2. The Hall–Kier alpha value is -2.93. The van der Waals surface area contributed by atoms with Crippen LogP contribution in [0.5, 0.6) is 0 Å². The standard InChI is InChI=1S/C21H25N4O4P/c1-3-28-30(27,29-4-2)15-16-10-12-17(13-11-16)21(26)23-20-19(22)14-25(24-20)18-8-6-5-7-9-18/h5-14H,3-4,15,22H2,1-2H3,(H,23,24,26). The van der Waals surface area contributed by atoms with E-state index in [9.17, 15) is 9.36 Å². The fourth-order valence-corrected chi connectivity index (χ4v) is 4.59. The smallest absolute Gasteiger partial charge is 0.335 e. The van der Waals surface area contributed by atoms with Crippen LogP contribution >= 0.6 is 7.60 Å². The highest BCUT2D eigenvalue weighted by molar-refractivity contribution is 7.53. The molecule has 0 aliphatic rings. The first kappa shape index (κ1) is 21.8. The minimum atomic E-state index is -3.20. The topological polar surface area (TPSA) is 108 Å². The molecular weight excluding hydrogens is 403 g/mol. The van der Waals surface area contributed by atoms with Crippen LogP contribution in [0.2, 0.25) is 0 Å². The van der Waals surface area contributed by atoms with Gasteiger partial charge < -0.3 is 20.1 Å². The Bertz CT molecular complexity index is 1020. The molecule has 0 radical (unpaired) electrons. The molecule has 0 unspecified atom stereocenters. The minimum Gasteiger partial charge on any atom is -0.394 e. The largest absolute Gasteiger partial charge is 0.394 e. The number of nitrogen functional groups attached to an aromatic ring is 1. The van der Waals surface area contributed by atoms with Crippen molar-refractivity contribution in [2.24, 2.45) is 0 Å². The molecule has 0 aliphatic carbocycles. The SMILES string of the molecule is CCOP(=O)(Cc1ccc(C(=O)Nc2nn(-c3ccccc3)cc2N)cc1)OCC. The number of carbonyl (C=O) groups is 1. The molecule has 8 nitrogen and oxygen atoms in total. The lowest BCUT2D eigenvalue weighted by Crippen LogP contribution is -2.13. The van der Waals surface area contributed by atoms with Crippen molar-refractivity contribution in [2.45, 2.75) is 20.0 Å². The van der Waals surface area contributed by atoms with Crippen LogP contribution in [0.25, 0.3) is 5.69 Å². The Labute approximate surface area is 175 Å². The molecule has 3 rings (SSSR count). The van der Waals surface area contributed by atoms with Crippen LogP contribution in [0.15, 0.2) is 60.8 Å². The van der Waals surface area contributed by atoms with Crippen molar-refractivity contribution in [3.8, 4) is 5.69 Å². The Kier molecular flexibility index (Phi) is 7.05. The van der Waals surface area contributed by atoms with Gasteiger partial charge in [-0.05, 0) is 43.7 Å². The van der Waals surface area contributed by atoms with Crippen LogP contribution in [0.4, 0.5) is 11.5 Å². The number of hydrogen-bond acceptors (Lipinski definition) is 6. The van der Waals surface area contributed by atoms with Crippen molar-refractivity contribution in [1.82, 2.24) is 9.78 Å². The number of rotatable bonds is 9. The molecule has 0 fully saturated rings. The summed E-state index contributed by atoms with van der Waals surface area (Å²) in [5.74, 6) is -0.0607. The molecule has 0 atom stereocenters. The summed E-state index contributed by atoms with van der Waals surface area (Å²) in [6, 6.07) is 16.2. The zero-order valence-corrected chi connectivity index (χ0v) is 17.8. The summed E-state index contributed by atoms with van der Waals surface area (Å²) in [4.78, 5) is 12.6. The third-order valence-corrected chi connectivity index (χ3v) is 6.29. The molecule has 0 saturated carbocycles. The first-order valence-electron chi connectivity index (χ1n) is 9.63. The van der Waals surface area contributed by atoms with Crippen LogP contribution in [0, 0.1) is 0 Å². The summed E-state index contributed by atoms with van der Waals surface area (Å²) in [5.41, 5.74) is 8.37. The van der Waals surface area contributed by atoms with Gasteiger partial charge in [0.05, 0.1) is 36.9 Å². The monoisotopic (exact) mass is 428 g/mol. The molecule has 1 aromatic heterocycles. The van der Waals surface area contributed by atoms with Crippen molar-refractivity contribution >= 4 is 25.0 Å². The lowest BCUT2D eigenvalue weighted by molar-refractivity contribution is 0.102. The highest BCUT2D eigenvalue weighted by Gasteiger charge is 2.24. The Morgan fingerprint density at radius 2 is 1.70 bits per heavy atom. The average Bonchev–Trinajstić information content (AvgIpc) is 3.09. The van der Waals surface area contributed by atoms with Crippen molar-refractivity contribution in [2.75, 3.05) is 24.3 Å². The number of nitrogens with one attached hydrogen (secondary N) is 1. The quantitative estimate of drug-likeness (QED) is 0.487. The number of para-hydroxylation sites is 1. The third-order valence-electron chi connectivity index (χ3n) is 4.24. The van der Waals surface area contributed by atoms with Gasteiger partial charge in [0.2, 0.25) is 0 Å². The number of nitrogens with two attached hydrogens (primary N) is 1. The molecule has 1 amide bonds. The van der Waals surface area contributed by atoms with Gasteiger partial charge in [0, 0.05) is 5.56 Å². The number of anilines is 2. The van der Waals surface area contributed by atoms with Crippen molar-refractivity contribution in [3.05, 3.63) is 71.9 Å². The molecule has 3 aromatic rings. The van der Waals surface area contributed by atoms with Gasteiger partial charge >= 0.3 is 7.60 Å². The molecule has 0 bridgehead atoms. The minimum absolute atomic E-state index is 0.144. The van der Waals surface area contributed by atoms with Crippen LogP contribution in [-0.2, 0) is 19.8 Å². The number of nitrogens with zero attached hydrogens (tertiary/aromatic N) is 2. The van der Waals surface area contributed by atoms with Gasteiger partial charge in [0.15, 0.2) is 5.82 Å². The first-order valence-corrected chi connectivity index (χ1v) is 11.4. The molecule has 0 spiro atoms. The lowest BCUT2D eigenvalue weighted by atomic mass is 10.1. The summed E-state index contributed by atoms with van der Waals surface area (Å²) in [6.45, 7) is 4.14. The first-order chi connectivity index (χ1) is 14.4. The van der Waals surface area contributed by atoms with E-state index >= 15 is 0 Å². The van der Waals surface area contributed by atoms with E-state index in [4.69, 9.17) is 14.8 Å². The second-order valence-corrected chi connectivity index (χ2v) is 8.52. The van der Waals surface area contributed by atoms with E-state index in [-0.39, 0.29) is 17.9 Å². The highest BCUT2D eigenvalue weighted by atomic mass is 31.2. The maximum absolute atomic E-state index is 12.7. The van der Waals surface area contributed by atoms with E-state index < -0.39 is 7.60 Å². The molecular formula is C21H25N4O4P. The average molecular weight is 428 g/mol. The summed E-state index contributed by atoms with van der Waals surface area (Å²) >= 11 is 0. The lowest BCUT2D eigenvalue weighted by Gasteiger charge is -2.17. The van der Waals surface area contributed by atoms with Gasteiger partial charge in [-0.25, -0.2) is 4.68 Å². The Morgan fingerprint density at radius 1 is 1.07 bits per heavy atom. The van der Waals surface area contributed by atoms with Gasteiger partial charge in [-0.2, -0.15) is 0 Å². The third kappa shape index (κ3) is 5.36. The van der Waals surface area contributed by atoms with Gasteiger partial charge in [-0.1, -0.05) is 30.3 Å². The number of benzene rings is 2. The fourth-order valence-electron chi connectivity index (χ4n) is 2.88. The fraction of sp³-hybridized carbons (Fsp3) is 0.238. The van der Waals surface area contributed by atoms with E-state index in [1.54, 1.807) is 49.0 Å². The highest BCUT2D eigenvalue weighted by Crippen LogP contribution is 2.51. The molecule has 0 saturated heterocycles. The Balaban J connectivity index is 1.69. The molecule has 158 valence electrons. The van der Waals surface area contributed by atoms with Gasteiger partial charge in [-0.3, -0.25) is 9.36 Å². The predicted molar refractivity (Wildman–Crippen MR) is 117 cm³/mol. The zero-order chi connectivity index (χ0) is 21.6. The van der Waals surface area contributed by atoms with Gasteiger partial charge in [0.1, 0.15) is 0 Å². The molecule has 2 aromatic carbocycles. The molecule has 9 heteroatoms. The molecule has 30 heavy (non-hydrogen) atoms. The summed E-state index contributed by atoms with van der Waals surface area (Å²) in [6.07, 6.45) is 1.79. The van der Waals surface area contributed by atoms with Crippen LogP contribution in [0.3, 0.4) is 0 Å². The van der Waals surface area contributed by atoms with Crippen LogP contribution < -0.4 is 11.1 Å². The number of amides is 1. The van der Waals surface area contributed by atoms with E-state index in [1.807, 2.05) is 30.3 Å². The summed E-state index contributed by atoms with van der Waals surface area (Å²) in [7, 11) is -3.20. The molecule has 3 N–H and O–H groups in total. The predicted octanol–water partition coefficient (Wildman–Crippen LogP) is 4.47. The molecule has 1 heterocycles. The van der Waals surface area contributed by atoms with E-state index in [2.05, 4.69) is 10.4 Å². The maximum atomic E-state index is 12.7. The van der Waals surface area contributed by atoms with Crippen molar-refractivity contribution < 1.29 is 18.4 Å². The van der Waals surface area contributed by atoms with Crippen LogP contribution in [-0.4, -0.2) is 28.9 Å². The van der Waals surface area contributed by atoms with E-state index in [0.717, 1.165) is 11.3 Å². The molecule has 0 aliphatic heterocycles. The number of carbonyl (C=O) groups excluding carboxylic acids is 1. The maximum Gasteiger partial charge on any atom is 0.335 e. The normalized spacial score (nSPS) is 11.4. The second-order valence-electron chi connectivity index (χ2n) is 6.47. The summed E-state index contributed by atoms with van der Waals surface area (Å²) in [5, 5.41) is 7.07. The van der Waals surface area contributed by atoms with Crippen LogP contribution in [0.1, 0.15) is 29.8 Å². The summed E-state index contributed by atoms with van der Waals surface area (Å²) < 4.78 is 24.9. The van der Waals surface area contributed by atoms with E-state index in [0.29, 0.717) is 24.5 Å².